The molecule has 3 aromatic rings. The highest BCUT2D eigenvalue weighted by molar-refractivity contribution is 7.10. The van der Waals surface area contributed by atoms with E-state index in [1.807, 2.05) is 39.2 Å². The lowest BCUT2D eigenvalue weighted by atomic mass is 9.84. The van der Waals surface area contributed by atoms with Crippen molar-refractivity contribution in [2.24, 2.45) is 10.4 Å². The highest BCUT2D eigenvalue weighted by Gasteiger charge is 2.36. The number of benzene rings is 1. The van der Waals surface area contributed by atoms with Gasteiger partial charge in [0.2, 0.25) is 5.91 Å². The highest BCUT2D eigenvalue weighted by atomic mass is 32.1. The first-order valence-electron chi connectivity index (χ1n) is 23.8. The predicted molar refractivity (Wildman–Crippen MR) is 262 cm³/mol. The number of methoxy groups -OCH3 is 1. The number of fused-ring (bicyclic) bond motifs is 6. The number of likely N-dealkylation sites (tertiary alicyclic amines) is 2. The number of aryl methyl sites for hydroxylation is 1. The number of thiazole rings is 1. The van der Waals surface area contributed by atoms with E-state index < -0.39 is 23.5 Å². The van der Waals surface area contributed by atoms with Crippen LogP contribution in [0.4, 0.5) is 0 Å². The summed E-state index contributed by atoms with van der Waals surface area (Å²) in [5.41, 5.74) is 8.65. The van der Waals surface area contributed by atoms with Crippen molar-refractivity contribution in [3.8, 4) is 23.1 Å². The lowest BCUT2D eigenvalue weighted by Crippen LogP contribution is -2.60. The SMILES string of the molecule is C=C/C(=C(\N=CC)[C@H](C)OC)c1c2c3cc(ccc3n1CC)-c1csc(n1)C[C@H](NC(=O)CCO[C@@H]1CCN(C(=O)C#CC(C)(C)N3CCC3)C1)C(=O)N1CCC[C@H](N1)C(=O)OCC(C)(C)C2. The molecule has 3 fully saturated rings. The Hall–Kier alpha value is -5.18. The second-order valence-corrected chi connectivity index (χ2v) is 20.2. The zero-order valence-electron chi connectivity index (χ0n) is 40.5. The van der Waals surface area contributed by atoms with Gasteiger partial charge in [-0.15, -0.1) is 11.3 Å². The van der Waals surface area contributed by atoms with Crippen LogP contribution in [0.1, 0.15) is 96.8 Å². The van der Waals surface area contributed by atoms with E-state index in [0.717, 1.165) is 64.2 Å². The molecule has 4 atom stereocenters. The number of aliphatic imine (C=N–C) groups is 1. The molecule has 4 aliphatic heterocycles. The monoisotopic (exact) mass is 936 g/mol. The van der Waals surface area contributed by atoms with Gasteiger partial charge in [-0.25, -0.2) is 10.4 Å². The van der Waals surface area contributed by atoms with Crippen molar-refractivity contribution in [2.45, 2.75) is 130 Å². The van der Waals surface area contributed by atoms with Crippen LogP contribution in [-0.4, -0.2) is 137 Å². The van der Waals surface area contributed by atoms with Gasteiger partial charge in [0.25, 0.3) is 11.8 Å². The molecule has 4 aliphatic rings. The number of esters is 1. The molecule has 3 amide bonds. The third-order valence-corrected chi connectivity index (χ3v) is 14.2. The summed E-state index contributed by atoms with van der Waals surface area (Å²) in [6.07, 6.45) is 6.67. The van der Waals surface area contributed by atoms with E-state index in [0.29, 0.717) is 56.9 Å². The normalized spacial score (nSPS) is 22.4. The van der Waals surface area contributed by atoms with Crippen LogP contribution in [0.25, 0.3) is 27.7 Å². The second kappa shape index (κ2) is 21.4. The summed E-state index contributed by atoms with van der Waals surface area (Å²) in [7, 11) is 1.67. The fourth-order valence-corrected chi connectivity index (χ4v) is 10.2. The van der Waals surface area contributed by atoms with Crippen LogP contribution in [0.3, 0.4) is 0 Å². The highest BCUT2D eigenvalue weighted by Crippen LogP contribution is 2.40. The van der Waals surface area contributed by atoms with Gasteiger partial charge in [0, 0.05) is 98.3 Å². The number of hydrazine groups is 1. The molecule has 15 nitrogen and oxygen atoms in total. The number of amides is 3. The summed E-state index contributed by atoms with van der Waals surface area (Å²) >= 11 is 1.43. The van der Waals surface area contributed by atoms with Gasteiger partial charge in [-0.3, -0.25) is 34.1 Å². The zero-order chi connectivity index (χ0) is 48.0. The lowest BCUT2D eigenvalue weighted by Gasteiger charge is -2.41. The van der Waals surface area contributed by atoms with Crippen LogP contribution in [0.5, 0.6) is 0 Å². The molecular formula is C51H68N8O7S. The fraction of sp³-hybridized carbons (Fsp3) is 0.569. The van der Waals surface area contributed by atoms with E-state index in [-0.39, 0.29) is 61.5 Å². The van der Waals surface area contributed by atoms with Crippen molar-refractivity contribution < 1.29 is 33.4 Å². The zero-order valence-corrected chi connectivity index (χ0v) is 41.4. The van der Waals surface area contributed by atoms with Gasteiger partial charge in [0.05, 0.1) is 53.1 Å². The summed E-state index contributed by atoms with van der Waals surface area (Å²) in [6.45, 7) is 22.7. The van der Waals surface area contributed by atoms with Gasteiger partial charge in [-0.05, 0) is 90.3 Å². The third kappa shape index (κ3) is 11.4. The Morgan fingerprint density at radius 1 is 1.18 bits per heavy atom. The quantitative estimate of drug-likeness (QED) is 0.0962. The molecule has 2 aromatic heterocycles. The number of rotatable bonds is 12. The predicted octanol–water partition coefficient (Wildman–Crippen LogP) is 5.95. The summed E-state index contributed by atoms with van der Waals surface area (Å²) < 4.78 is 20.3. The molecule has 0 spiro atoms. The van der Waals surface area contributed by atoms with Crippen molar-refractivity contribution in [2.75, 3.05) is 53.0 Å². The largest absolute Gasteiger partial charge is 0.464 e. The number of nitrogens with one attached hydrogen (secondary N) is 2. The molecular weight excluding hydrogens is 869 g/mol. The number of aromatic nitrogens is 2. The molecule has 6 heterocycles. The minimum atomic E-state index is -0.973. The van der Waals surface area contributed by atoms with Crippen molar-refractivity contribution in [1.29, 1.82) is 0 Å². The third-order valence-electron chi connectivity index (χ3n) is 13.3. The topological polar surface area (TPSA) is 160 Å². The maximum atomic E-state index is 14.4. The molecule has 0 radical (unpaired) electrons. The summed E-state index contributed by atoms with van der Waals surface area (Å²) in [6, 6.07) is 4.63. The van der Waals surface area contributed by atoms with E-state index in [1.54, 1.807) is 18.2 Å². The van der Waals surface area contributed by atoms with Crippen molar-refractivity contribution in [1.82, 2.24) is 35.1 Å². The molecule has 360 valence electrons. The Labute approximate surface area is 399 Å². The number of allylic oxidation sites excluding steroid dienone is 2. The number of hydrogen-bond donors (Lipinski definition) is 2. The van der Waals surface area contributed by atoms with Crippen LogP contribution in [0, 0.1) is 17.3 Å². The smallest absolute Gasteiger partial charge is 0.324 e. The molecule has 7 rings (SSSR count). The van der Waals surface area contributed by atoms with E-state index in [2.05, 4.69) is 77.6 Å². The van der Waals surface area contributed by atoms with E-state index in [1.165, 1.54) is 16.3 Å². The number of carbonyl (C=O) groups is 4. The first kappa shape index (κ1) is 49.7. The number of nitrogens with zero attached hydrogens (tertiary/aromatic N) is 6. The van der Waals surface area contributed by atoms with Crippen LogP contribution < -0.4 is 10.7 Å². The maximum Gasteiger partial charge on any atom is 0.324 e. The van der Waals surface area contributed by atoms with Gasteiger partial charge in [-0.2, -0.15) is 0 Å². The summed E-state index contributed by atoms with van der Waals surface area (Å²) in [4.78, 5) is 68.6. The van der Waals surface area contributed by atoms with Crippen molar-refractivity contribution in [3.05, 3.63) is 58.2 Å². The van der Waals surface area contributed by atoms with Crippen LogP contribution in [-0.2, 0) is 52.8 Å². The minimum Gasteiger partial charge on any atom is -0.464 e. The maximum absolute atomic E-state index is 14.4. The average molecular weight is 937 g/mol. The molecule has 67 heavy (non-hydrogen) atoms. The standard InChI is InChI=1S/C51H68N8O7S/c1-10-36(46(52-11-2)33(4)64-9)47-38-29-50(5,6)32-66-49(63)39-15-13-24-59(55-39)48(62)40(28-44-54-41(31-67-44)34-16-17-42(37(38)27-34)58(47)12-3)53-43(60)20-26-65-35-19-25-56(30-35)45(61)18-21-51(7,8)57-22-14-23-57/h10-11,16-17,27,31,33,35,39-40,55H,1,12-15,19-20,22-26,28-30,32H2,2-9H3,(H,53,60)/b46-36+,52-11?/t33-,35+,39-,40-/m0/s1. The molecule has 0 saturated carbocycles. The molecule has 1 aromatic carbocycles. The first-order valence-corrected chi connectivity index (χ1v) is 24.6. The van der Waals surface area contributed by atoms with Gasteiger partial charge < -0.3 is 29.0 Å². The second-order valence-electron chi connectivity index (χ2n) is 19.2. The molecule has 3 saturated heterocycles. The van der Waals surface area contributed by atoms with E-state index in [4.69, 9.17) is 24.2 Å². The Balaban J connectivity index is 1.14. The number of cyclic esters (lactones) is 1. The van der Waals surface area contributed by atoms with Crippen LogP contribution in [0.15, 0.2) is 46.9 Å². The minimum absolute atomic E-state index is 0.0144. The number of ether oxygens (including phenoxy) is 3. The van der Waals surface area contributed by atoms with Crippen LogP contribution >= 0.6 is 11.3 Å². The molecule has 6 bridgehead atoms. The average Bonchev–Trinajstić information content (AvgIpc) is 4.04. The molecule has 0 aliphatic carbocycles. The Kier molecular flexibility index (Phi) is 15.9. The van der Waals surface area contributed by atoms with Crippen molar-refractivity contribution in [3.63, 3.8) is 0 Å². The number of hydrogen-bond acceptors (Lipinski definition) is 12. The molecule has 2 N–H and O–H groups in total. The van der Waals surface area contributed by atoms with E-state index in [9.17, 15) is 19.2 Å². The first-order chi connectivity index (χ1) is 32.1. The Morgan fingerprint density at radius 2 is 1.97 bits per heavy atom. The Bertz CT molecular complexity index is 2470. The summed E-state index contributed by atoms with van der Waals surface area (Å²) in [5.74, 6) is 4.62. The van der Waals surface area contributed by atoms with E-state index >= 15 is 0 Å². The molecule has 0 unspecified atom stereocenters. The van der Waals surface area contributed by atoms with Crippen molar-refractivity contribution >= 4 is 57.7 Å². The van der Waals surface area contributed by atoms with Crippen LogP contribution in [0.2, 0.25) is 0 Å². The molecule has 16 heteroatoms. The lowest BCUT2D eigenvalue weighted by molar-refractivity contribution is -0.155. The van der Waals surface area contributed by atoms with Gasteiger partial charge in [0.15, 0.2) is 0 Å². The van der Waals surface area contributed by atoms with Gasteiger partial charge >= 0.3 is 5.97 Å². The summed E-state index contributed by atoms with van der Waals surface area (Å²) in [5, 5.41) is 8.11. The van der Waals surface area contributed by atoms with Gasteiger partial charge in [-0.1, -0.05) is 38.5 Å². The number of carbonyl (C=O) groups excluding carboxylic acids is 4. The Morgan fingerprint density at radius 3 is 2.67 bits per heavy atom. The van der Waals surface area contributed by atoms with Gasteiger partial charge in [0.1, 0.15) is 12.1 Å². The fourth-order valence-electron chi connectivity index (χ4n) is 9.35.